The van der Waals surface area contributed by atoms with Gasteiger partial charge >= 0.3 is 0 Å². The maximum Gasteiger partial charge on any atom is 0.253 e. The van der Waals surface area contributed by atoms with Gasteiger partial charge < -0.3 is 9.80 Å². The van der Waals surface area contributed by atoms with Crippen LogP contribution in [0.15, 0.2) is 48.5 Å². The predicted octanol–water partition coefficient (Wildman–Crippen LogP) is 3.39. The van der Waals surface area contributed by atoms with Gasteiger partial charge in [0.25, 0.3) is 5.91 Å². The first kappa shape index (κ1) is 18.9. The Labute approximate surface area is 164 Å². The second-order valence-electron chi connectivity index (χ2n) is 7.53. The molecule has 0 aromatic heterocycles. The van der Waals surface area contributed by atoms with E-state index in [0.29, 0.717) is 23.8 Å². The molecule has 0 N–H and O–H groups in total. The van der Waals surface area contributed by atoms with Crippen molar-refractivity contribution in [1.29, 1.82) is 0 Å². The first-order chi connectivity index (χ1) is 13.6. The number of carbonyl (C=O) groups excluding carboxylic acids is 1. The summed E-state index contributed by atoms with van der Waals surface area (Å²) in [6.07, 6.45) is 2.03. The highest BCUT2D eigenvalue weighted by atomic mass is 19.1. The van der Waals surface area contributed by atoms with E-state index in [1.807, 2.05) is 17.0 Å². The smallest absolute Gasteiger partial charge is 0.253 e. The van der Waals surface area contributed by atoms with E-state index in [0.717, 1.165) is 45.6 Å². The maximum absolute atomic E-state index is 14.0. The van der Waals surface area contributed by atoms with Crippen molar-refractivity contribution in [1.82, 2.24) is 9.80 Å². The molecule has 6 heteroatoms. The largest absolute Gasteiger partial charge is 0.367 e. The zero-order chi connectivity index (χ0) is 19.5. The molecule has 28 heavy (non-hydrogen) atoms. The number of hydrogen-bond donors (Lipinski definition) is 0. The molecule has 4 nitrogen and oxygen atoms in total. The van der Waals surface area contributed by atoms with Gasteiger partial charge in [-0.1, -0.05) is 12.1 Å². The molecule has 1 atom stereocenters. The lowest BCUT2D eigenvalue weighted by atomic mass is 10.0. The zero-order valence-electron chi connectivity index (χ0n) is 15.9. The molecular formula is C22H25F2N3O. The van der Waals surface area contributed by atoms with Crippen molar-refractivity contribution in [3.05, 3.63) is 65.7 Å². The summed E-state index contributed by atoms with van der Waals surface area (Å²) in [7, 11) is 0. The Hall–Kier alpha value is -2.47. The number of rotatable bonds is 3. The molecule has 0 saturated carbocycles. The van der Waals surface area contributed by atoms with Crippen LogP contribution < -0.4 is 4.90 Å². The number of hydrogen-bond acceptors (Lipinski definition) is 3. The number of piperazine rings is 1. The summed E-state index contributed by atoms with van der Waals surface area (Å²) in [5.74, 6) is -0.542. The second kappa shape index (κ2) is 8.27. The third kappa shape index (κ3) is 4.02. The summed E-state index contributed by atoms with van der Waals surface area (Å²) in [4.78, 5) is 19.1. The fraction of sp³-hybridized carbons (Fsp3) is 0.409. The maximum atomic E-state index is 14.0. The number of nitrogens with zero attached hydrogens (tertiary/aromatic N) is 3. The molecule has 0 aliphatic carbocycles. The first-order valence-electron chi connectivity index (χ1n) is 9.90. The quantitative estimate of drug-likeness (QED) is 0.810. The van der Waals surface area contributed by atoms with Gasteiger partial charge in [0.05, 0.1) is 5.69 Å². The highest BCUT2D eigenvalue weighted by molar-refractivity contribution is 5.94. The highest BCUT2D eigenvalue weighted by Gasteiger charge is 2.30. The lowest BCUT2D eigenvalue weighted by Gasteiger charge is -2.44. The minimum absolute atomic E-state index is 0.0327. The number of halogens is 2. The SMILES string of the molecule is O=C(c1ccc(F)cc1)N1CCCC(N2CCN(c3ccccc3F)CC2)C1. The molecule has 148 valence electrons. The van der Waals surface area contributed by atoms with Crippen LogP contribution in [-0.2, 0) is 0 Å². The highest BCUT2D eigenvalue weighted by Crippen LogP contribution is 2.23. The van der Waals surface area contributed by atoms with Crippen molar-refractivity contribution in [2.45, 2.75) is 18.9 Å². The molecule has 2 saturated heterocycles. The van der Waals surface area contributed by atoms with Crippen molar-refractivity contribution in [3.8, 4) is 0 Å². The van der Waals surface area contributed by atoms with Gasteiger partial charge in [-0.3, -0.25) is 9.69 Å². The van der Waals surface area contributed by atoms with Crippen LogP contribution in [0.3, 0.4) is 0 Å². The van der Waals surface area contributed by atoms with Gasteiger partial charge in [-0.05, 0) is 49.2 Å². The van der Waals surface area contributed by atoms with Gasteiger partial charge in [0.15, 0.2) is 0 Å². The van der Waals surface area contributed by atoms with E-state index in [1.54, 1.807) is 18.2 Å². The molecule has 2 aliphatic heterocycles. The third-order valence-electron chi connectivity index (χ3n) is 5.80. The Morgan fingerprint density at radius 1 is 0.893 bits per heavy atom. The van der Waals surface area contributed by atoms with Crippen LogP contribution in [0, 0.1) is 11.6 Å². The Balaban J connectivity index is 1.36. The van der Waals surface area contributed by atoms with Gasteiger partial charge in [-0.25, -0.2) is 8.78 Å². The minimum Gasteiger partial charge on any atom is -0.367 e. The Morgan fingerprint density at radius 2 is 1.61 bits per heavy atom. The van der Waals surface area contributed by atoms with Gasteiger partial charge in [0, 0.05) is 50.9 Å². The molecule has 0 spiro atoms. The van der Waals surface area contributed by atoms with Crippen LogP contribution in [0.25, 0.3) is 0 Å². The number of likely N-dealkylation sites (tertiary alicyclic amines) is 1. The van der Waals surface area contributed by atoms with Gasteiger partial charge in [-0.15, -0.1) is 0 Å². The van der Waals surface area contributed by atoms with E-state index in [9.17, 15) is 13.6 Å². The average molecular weight is 385 g/mol. The molecule has 0 bridgehead atoms. The van der Waals surface area contributed by atoms with Gasteiger partial charge in [0.2, 0.25) is 0 Å². The number of benzene rings is 2. The lowest BCUT2D eigenvalue weighted by molar-refractivity contribution is 0.0563. The summed E-state index contributed by atoms with van der Waals surface area (Å²) in [5, 5.41) is 0. The molecule has 1 amide bonds. The van der Waals surface area contributed by atoms with Crippen LogP contribution in [0.2, 0.25) is 0 Å². The fourth-order valence-electron chi connectivity index (χ4n) is 4.25. The van der Waals surface area contributed by atoms with Crippen LogP contribution in [0.1, 0.15) is 23.2 Å². The predicted molar refractivity (Wildman–Crippen MR) is 106 cm³/mol. The molecule has 2 aromatic carbocycles. The second-order valence-corrected chi connectivity index (χ2v) is 7.53. The van der Waals surface area contributed by atoms with Crippen LogP contribution in [0.5, 0.6) is 0 Å². The minimum atomic E-state index is -0.333. The van der Waals surface area contributed by atoms with Crippen LogP contribution in [0.4, 0.5) is 14.5 Å². The molecule has 1 unspecified atom stereocenters. The molecular weight excluding hydrogens is 360 g/mol. The zero-order valence-corrected chi connectivity index (χ0v) is 15.9. The summed E-state index contributed by atoms with van der Waals surface area (Å²) in [5.41, 5.74) is 1.20. The van der Waals surface area contributed by atoms with E-state index < -0.39 is 0 Å². The molecule has 2 fully saturated rings. The Bertz CT molecular complexity index is 819. The van der Waals surface area contributed by atoms with Crippen molar-refractivity contribution < 1.29 is 13.6 Å². The van der Waals surface area contributed by atoms with Crippen molar-refractivity contribution in [2.75, 3.05) is 44.2 Å². The number of amides is 1. The fourth-order valence-corrected chi connectivity index (χ4v) is 4.25. The normalized spacial score (nSPS) is 21.0. The Kier molecular flexibility index (Phi) is 5.57. The summed E-state index contributed by atoms with van der Waals surface area (Å²) >= 11 is 0. The molecule has 0 radical (unpaired) electrons. The topological polar surface area (TPSA) is 26.8 Å². The third-order valence-corrected chi connectivity index (χ3v) is 5.80. The Morgan fingerprint density at radius 3 is 2.32 bits per heavy atom. The first-order valence-corrected chi connectivity index (χ1v) is 9.90. The van der Waals surface area contributed by atoms with Crippen molar-refractivity contribution in [3.63, 3.8) is 0 Å². The lowest BCUT2D eigenvalue weighted by Crippen LogP contribution is -2.56. The molecule has 4 rings (SSSR count). The molecule has 2 aromatic rings. The van der Waals surface area contributed by atoms with Crippen molar-refractivity contribution >= 4 is 11.6 Å². The summed E-state index contributed by atoms with van der Waals surface area (Å²) in [6.45, 7) is 4.71. The van der Waals surface area contributed by atoms with Crippen molar-refractivity contribution in [2.24, 2.45) is 0 Å². The number of piperidine rings is 1. The molecule has 2 heterocycles. The monoisotopic (exact) mass is 385 g/mol. The van der Waals surface area contributed by atoms with E-state index in [1.165, 1.54) is 18.2 Å². The number of anilines is 1. The number of carbonyl (C=O) groups is 1. The number of para-hydroxylation sites is 1. The molecule has 2 aliphatic rings. The average Bonchev–Trinajstić information content (AvgIpc) is 2.74. The standard InChI is InChI=1S/C22H25F2N3O/c23-18-9-7-17(8-10-18)22(28)27-11-3-4-19(16-27)25-12-14-26(15-13-25)21-6-2-1-5-20(21)24/h1-2,5-10,19H,3-4,11-16H2. The van der Waals surface area contributed by atoms with E-state index in [-0.39, 0.29) is 17.5 Å². The van der Waals surface area contributed by atoms with E-state index >= 15 is 0 Å². The van der Waals surface area contributed by atoms with Crippen LogP contribution in [-0.4, -0.2) is 61.0 Å². The summed E-state index contributed by atoms with van der Waals surface area (Å²) < 4.78 is 27.1. The van der Waals surface area contributed by atoms with E-state index in [4.69, 9.17) is 0 Å². The summed E-state index contributed by atoms with van der Waals surface area (Å²) in [6, 6.07) is 13.0. The van der Waals surface area contributed by atoms with Crippen LogP contribution >= 0.6 is 0 Å². The van der Waals surface area contributed by atoms with Gasteiger partial charge in [-0.2, -0.15) is 0 Å². The van der Waals surface area contributed by atoms with E-state index in [2.05, 4.69) is 9.80 Å². The van der Waals surface area contributed by atoms with Gasteiger partial charge in [0.1, 0.15) is 11.6 Å².